The van der Waals surface area contributed by atoms with Gasteiger partial charge < -0.3 is 19.7 Å². The second-order valence-electron chi connectivity index (χ2n) is 1.54. The molecule has 1 saturated heterocycles. The summed E-state index contributed by atoms with van der Waals surface area (Å²) in [6.45, 7) is 5.04. The Kier molecular flexibility index (Phi) is 20.1. The van der Waals surface area contributed by atoms with Crippen molar-refractivity contribution in [3.05, 3.63) is 0 Å². The van der Waals surface area contributed by atoms with Crippen molar-refractivity contribution in [2.45, 2.75) is 6.92 Å². The minimum Gasteiger partial charge on any atom is -0.400 e. The quantitative estimate of drug-likeness (QED) is 0.516. The molecule has 4 nitrogen and oxygen atoms in total. The topological polar surface area (TPSA) is 58.9 Å². The zero-order chi connectivity index (χ0) is 8.95. The van der Waals surface area contributed by atoms with Gasteiger partial charge in [0.15, 0.2) is 0 Å². The Bertz CT molecular complexity index is 34.2. The lowest BCUT2D eigenvalue weighted by Gasteiger charge is -2.09. The summed E-state index contributed by atoms with van der Waals surface area (Å²) in [7, 11) is 1.00. The van der Waals surface area contributed by atoms with Gasteiger partial charge in [0.1, 0.15) is 0 Å². The van der Waals surface area contributed by atoms with E-state index >= 15 is 0 Å². The molecule has 70 valence electrons. The number of hydrogen-bond acceptors (Lipinski definition) is 4. The van der Waals surface area contributed by atoms with Crippen LogP contribution in [0.1, 0.15) is 6.92 Å². The van der Waals surface area contributed by atoms with Crippen LogP contribution in [-0.2, 0) is 9.47 Å². The van der Waals surface area contributed by atoms with Crippen LogP contribution in [-0.4, -0.2) is 50.4 Å². The largest absolute Gasteiger partial charge is 0.400 e. The maximum atomic E-state index is 7.57. The van der Waals surface area contributed by atoms with Gasteiger partial charge in [0.05, 0.1) is 26.4 Å². The Hall–Kier alpha value is -0.160. The molecule has 1 aliphatic heterocycles. The average molecular weight is 166 g/mol. The molecular weight excluding hydrogens is 148 g/mol. The molecule has 0 atom stereocenters. The minimum absolute atomic E-state index is 0.250. The first kappa shape index (κ1) is 13.4. The van der Waals surface area contributed by atoms with Gasteiger partial charge in [-0.15, -0.1) is 0 Å². The number of rotatable bonds is 0. The summed E-state index contributed by atoms with van der Waals surface area (Å²) in [4.78, 5) is 0. The molecular formula is C7H18O4. The minimum atomic E-state index is 0.250. The van der Waals surface area contributed by atoms with Crippen LogP contribution in [0.5, 0.6) is 0 Å². The molecule has 0 aromatic rings. The summed E-state index contributed by atoms with van der Waals surface area (Å²) in [6.07, 6.45) is 0. The van der Waals surface area contributed by atoms with Gasteiger partial charge in [-0.05, 0) is 6.92 Å². The van der Waals surface area contributed by atoms with Crippen LogP contribution in [0.2, 0.25) is 0 Å². The van der Waals surface area contributed by atoms with Crippen molar-refractivity contribution in [1.29, 1.82) is 0 Å². The number of hydrogen-bond donors (Lipinski definition) is 2. The van der Waals surface area contributed by atoms with Crippen LogP contribution >= 0.6 is 0 Å². The predicted molar refractivity (Wildman–Crippen MR) is 42.5 cm³/mol. The van der Waals surface area contributed by atoms with E-state index < -0.39 is 0 Å². The van der Waals surface area contributed by atoms with Crippen molar-refractivity contribution in [3.8, 4) is 0 Å². The molecule has 1 fully saturated rings. The maximum Gasteiger partial charge on any atom is 0.0701 e. The molecule has 1 heterocycles. The molecule has 4 heteroatoms. The van der Waals surface area contributed by atoms with Gasteiger partial charge in [-0.3, -0.25) is 0 Å². The van der Waals surface area contributed by atoms with Crippen molar-refractivity contribution in [1.82, 2.24) is 0 Å². The van der Waals surface area contributed by atoms with Crippen LogP contribution < -0.4 is 0 Å². The lowest BCUT2D eigenvalue weighted by molar-refractivity contribution is -0.0334. The van der Waals surface area contributed by atoms with Crippen LogP contribution in [0.3, 0.4) is 0 Å². The van der Waals surface area contributed by atoms with E-state index in [0.717, 1.165) is 33.5 Å². The van der Waals surface area contributed by atoms with Crippen LogP contribution in [0.15, 0.2) is 0 Å². The first-order valence-electron chi connectivity index (χ1n) is 3.63. The van der Waals surface area contributed by atoms with Crippen molar-refractivity contribution < 1.29 is 19.7 Å². The SMILES string of the molecule is C1COCCO1.CCO.CO. The third kappa shape index (κ3) is 17.7. The van der Waals surface area contributed by atoms with Gasteiger partial charge >= 0.3 is 0 Å². The summed E-state index contributed by atoms with van der Waals surface area (Å²) in [5.41, 5.74) is 0. The van der Waals surface area contributed by atoms with E-state index in [1.165, 1.54) is 0 Å². The molecule has 1 aliphatic rings. The highest BCUT2D eigenvalue weighted by Gasteiger charge is 1.94. The van der Waals surface area contributed by atoms with Crippen LogP contribution in [0.25, 0.3) is 0 Å². The number of aliphatic hydroxyl groups excluding tert-OH is 2. The van der Waals surface area contributed by atoms with Gasteiger partial charge in [0.2, 0.25) is 0 Å². The number of aliphatic hydroxyl groups is 2. The molecule has 0 aliphatic carbocycles. The molecule has 0 aromatic heterocycles. The Morgan fingerprint density at radius 1 is 1.00 bits per heavy atom. The molecule has 0 radical (unpaired) electrons. The lowest BCUT2D eigenvalue weighted by atomic mass is 10.6. The normalized spacial score (nSPS) is 15.3. The van der Waals surface area contributed by atoms with Gasteiger partial charge in [-0.2, -0.15) is 0 Å². The predicted octanol–water partition coefficient (Wildman–Crippen LogP) is -0.360. The molecule has 2 N–H and O–H groups in total. The lowest BCUT2D eigenvalue weighted by Crippen LogP contribution is -2.16. The Morgan fingerprint density at radius 2 is 1.18 bits per heavy atom. The van der Waals surface area contributed by atoms with E-state index in [9.17, 15) is 0 Å². The molecule has 11 heavy (non-hydrogen) atoms. The molecule has 1 rings (SSSR count). The van der Waals surface area contributed by atoms with E-state index in [2.05, 4.69) is 0 Å². The van der Waals surface area contributed by atoms with Crippen molar-refractivity contribution in [2.75, 3.05) is 40.1 Å². The van der Waals surface area contributed by atoms with Gasteiger partial charge in [-0.1, -0.05) is 0 Å². The zero-order valence-electron chi connectivity index (χ0n) is 7.25. The maximum absolute atomic E-state index is 7.57. The van der Waals surface area contributed by atoms with E-state index in [-0.39, 0.29) is 6.61 Å². The fraction of sp³-hybridized carbons (Fsp3) is 1.00. The summed E-state index contributed by atoms with van der Waals surface area (Å²) in [5.74, 6) is 0. The molecule has 0 aromatic carbocycles. The van der Waals surface area contributed by atoms with Gasteiger partial charge in [0, 0.05) is 13.7 Å². The van der Waals surface area contributed by atoms with E-state index in [1.807, 2.05) is 0 Å². The fourth-order valence-corrected chi connectivity index (χ4v) is 0.440. The van der Waals surface area contributed by atoms with E-state index in [1.54, 1.807) is 6.92 Å². The van der Waals surface area contributed by atoms with Gasteiger partial charge in [-0.25, -0.2) is 0 Å². The van der Waals surface area contributed by atoms with E-state index in [4.69, 9.17) is 19.7 Å². The zero-order valence-corrected chi connectivity index (χ0v) is 7.25. The summed E-state index contributed by atoms with van der Waals surface area (Å²) < 4.78 is 9.89. The highest BCUT2D eigenvalue weighted by Crippen LogP contribution is 1.85. The first-order valence-corrected chi connectivity index (χ1v) is 3.63. The molecule has 0 bridgehead atoms. The fourth-order valence-electron chi connectivity index (χ4n) is 0.440. The highest BCUT2D eigenvalue weighted by molar-refractivity contribution is 4.37. The molecule has 0 spiro atoms. The average Bonchev–Trinajstić information content (AvgIpc) is 2.12. The monoisotopic (exact) mass is 166 g/mol. The van der Waals surface area contributed by atoms with E-state index in [0.29, 0.717) is 0 Å². The van der Waals surface area contributed by atoms with Gasteiger partial charge in [0.25, 0.3) is 0 Å². The highest BCUT2D eigenvalue weighted by atomic mass is 16.6. The molecule has 0 unspecified atom stereocenters. The van der Waals surface area contributed by atoms with Crippen molar-refractivity contribution >= 4 is 0 Å². The number of ether oxygens (including phenoxy) is 2. The van der Waals surface area contributed by atoms with Crippen molar-refractivity contribution in [3.63, 3.8) is 0 Å². The van der Waals surface area contributed by atoms with Crippen LogP contribution in [0.4, 0.5) is 0 Å². The summed E-state index contributed by atoms with van der Waals surface area (Å²) >= 11 is 0. The molecule has 0 saturated carbocycles. The summed E-state index contributed by atoms with van der Waals surface area (Å²) in [6, 6.07) is 0. The second-order valence-corrected chi connectivity index (χ2v) is 1.54. The van der Waals surface area contributed by atoms with Crippen molar-refractivity contribution in [2.24, 2.45) is 0 Å². The van der Waals surface area contributed by atoms with Crippen LogP contribution in [0, 0.1) is 0 Å². The first-order chi connectivity index (χ1) is 5.41. The smallest absolute Gasteiger partial charge is 0.0701 e. The summed E-state index contributed by atoms with van der Waals surface area (Å²) in [5, 5.41) is 14.6. The Balaban J connectivity index is 0. The standard InChI is InChI=1S/C4H8O2.C2H6O.CH4O/c1-2-6-4-3-5-1;1-2-3;1-2/h1-4H2;3H,2H2,1H3;2H,1H3. The second kappa shape index (κ2) is 16.4. The Labute approximate surface area is 67.8 Å². The Morgan fingerprint density at radius 3 is 1.27 bits per heavy atom. The molecule has 0 amide bonds. The third-order valence-corrected chi connectivity index (χ3v) is 0.744. The third-order valence-electron chi connectivity index (χ3n) is 0.744.